The number of hydrogen-bond acceptors (Lipinski definition) is 3. The van der Waals surface area contributed by atoms with Crippen LogP contribution in [0.3, 0.4) is 0 Å². The first-order valence-corrected chi connectivity index (χ1v) is 9.54. The highest BCUT2D eigenvalue weighted by molar-refractivity contribution is 5.75. The van der Waals surface area contributed by atoms with Crippen molar-refractivity contribution in [3.05, 3.63) is 29.3 Å². The first-order chi connectivity index (χ1) is 12.0. The van der Waals surface area contributed by atoms with Crippen LogP contribution in [0.5, 0.6) is 5.75 Å². The maximum Gasteiger partial charge on any atom is 0.317 e. The third-order valence-electron chi connectivity index (χ3n) is 5.43. The van der Waals surface area contributed by atoms with Crippen LogP contribution in [0.4, 0.5) is 4.79 Å². The molecule has 0 aliphatic carbocycles. The number of carbonyl (C=O) groups excluding carboxylic acids is 1. The molecule has 2 aliphatic heterocycles. The molecule has 1 N–H and O–H groups in total. The van der Waals surface area contributed by atoms with Gasteiger partial charge in [0.15, 0.2) is 0 Å². The summed E-state index contributed by atoms with van der Waals surface area (Å²) in [7, 11) is 0. The molecule has 0 spiro atoms. The summed E-state index contributed by atoms with van der Waals surface area (Å²) in [5.41, 5.74) is 2.30. The number of para-hydroxylation sites is 1. The fraction of sp³-hybridized carbons (Fsp3) is 0.650. The second-order valence-corrected chi connectivity index (χ2v) is 7.48. The number of rotatable bonds is 6. The number of likely N-dealkylation sites (tertiary alicyclic amines) is 2. The Morgan fingerprint density at radius 3 is 2.52 bits per heavy atom. The Labute approximate surface area is 151 Å². The number of nitrogens with zero attached hydrogens (tertiary/aromatic N) is 2. The summed E-state index contributed by atoms with van der Waals surface area (Å²) >= 11 is 0. The van der Waals surface area contributed by atoms with Gasteiger partial charge in [0.25, 0.3) is 0 Å². The second kappa shape index (κ2) is 8.09. The summed E-state index contributed by atoms with van der Waals surface area (Å²) in [5.74, 6) is 0.965. The average molecular weight is 345 g/mol. The Hall–Kier alpha value is -1.75. The van der Waals surface area contributed by atoms with E-state index in [1.54, 1.807) is 0 Å². The highest BCUT2D eigenvalue weighted by Crippen LogP contribution is 2.26. The monoisotopic (exact) mass is 345 g/mol. The number of carbonyl (C=O) groups is 1. The lowest BCUT2D eigenvalue weighted by molar-refractivity contribution is 0.0434. The standard InChI is InChI=1S/C20H31N3O2/c1-15-7-6-8-16(2)19(15)25-18-13-23(14-18)20(24)21-10-9-17(3)22-11-4-5-12-22/h6-8,17-18H,4-5,9-14H2,1-3H3,(H,21,24)/t17-/m0/s1. The van der Waals surface area contributed by atoms with Crippen LogP contribution in [0.25, 0.3) is 0 Å². The third-order valence-corrected chi connectivity index (χ3v) is 5.43. The lowest BCUT2D eigenvalue weighted by atomic mass is 10.1. The van der Waals surface area contributed by atoms with Gasteiger partial charge in [-0.3, -0.25) is 0 Å². The molecule has 2 heterocycles. The molecule has 3 rings (SSSR count). The van der Waals surface area contributed by atoms with Gasteiger partial charge < -0.3 is 19.9 Å². The van der Waals surface area contributed by atoms with Crippen molar-refractivity contribution < 1.29 is 9.53 Å². The van der Waals surface area contributed by atoms with Crippen LogP contribution in [-0.4, -0.2) is 60.7 Å². The van der Waals surface area contributed by atoms with E-state index in [2.05, 4.69) is 43.1 Å². The molecule has 138 valence electrons. The van der Waals surface area contributed by atoms with Gasteiger partial charge in [-0.1, -0.05) is 18.2 Å². The Bertz CT molecular complexity index is 572. The minimum absolute atomic E-state index is 0.0370. The van der Waals surface area contributed by atoms with Gasteiger partial charge in [0.1, 0.15) is 11.9 Å². The lowest BCUT2D eigenvalue weighted by Gasteiger charge is -2.39. The number of nitrogens with one attached hydrogen (secondary N) is 1. The molecule has 0 aromatic heterocycles. The molecule has 2 aliphatic rings. The maximum absolute atomic E-state index is 12.2. The van der Waals surface area contributed by atoms with Gasteiger partial charge in [-0.25, -0.2) is 4.79 Å². The van der Waals surface area contributed by atoms with E-state index in [0.717, 1.165) is 29.8 Å². The van der Waals surface area contributed by atoms with Crippen LogP contribution >= 0.6 is 0 Å². The van der Waals surface area contributed by atoms with E-state index in [0.29, 0.717) is 19.1 Å². The van der Waals surface area contributed by atoms with E-state index >= 15 is 0 Å². The van der Waals surface area contributed by atoms with Crippen molar-refractivity contribution in [2.24, 2.45) is 0 Å². The normalized spacial score (nSPS) is 19.6. The summed E-state index contributed by atoms with van der Waals surface area (Å²) in [5, 5.41) is 3.05. The van der Waals surface area contributed by atoms with Crippen LogP contribution < -0.4 is 10.1 Å². The zero-order valence-corrected chi connectivity index (χ0v) is 15.8. The Balaban J connectivity index is 1.35. The molecule has 0 saturated carbocycles. The van der Waals surface area contributed by atoms with Gasteiger partial charge in [-0.05, 0) is 64.3 Å². The van der Waals surface area contributed by atoms with Crippen molar-refractivity contribution in [1.29, 1.82) is 0 Å². The topological polar surface area (TPSA) is 44.8 Å². The number of benzene rings is 1. The van der Waals surface area contributed by atoms with Crippen molar-refractivity contribution in [2.45, 2.75) is 52.2 Å². The van der Waals surface area contributed by atoms with E-state index in [4.69, 9.17) is 4.74 Å². The molecule has 0 unspecified atom stereocenters. The van der Waals surface area contributed by atoms with E-state index in [9.17, 15) is 4.79 Å². The molecular formula is C20H31N3O2. The zero-order valence-electron chi connectivity index (χ0n) is 15.8. The van der Waals surface area contributed by atoms with Gasteiger partial charge >= 0.3 is 6.03 Å². The van der Waals surface area contributed by atoms with E-state index in [1.165, 1.54) is 25.9 Å². The van der Waals surface area contributed by atoms with Gasteiger partial charge in [-0.2, -0.15) is 0 Å². The summed E-state index contributed by atoms with van der Waals surface area (Å²) in [6, 6.07) is 6.76. The number of amides is 2. The Morgan fingerprint density at radius 1 is 1.24 bits per heavy atom. The van der Waals surface area contributed by atoms with Crippen molar-refractivity contribution >= 4 is 6.03 Å². The zero-order chi connectivity index (χ0) is 17.8. The largest absolute Gasteiger partial charge is 0.486 e. The minimum Gasteiger partial charge on any atom is -0.486 e. The molecule has 5 heteroatoms. The summed E-state index contributed by atoms with van der Waals surface area (Å²) < 4.78 is 6.07. The average Bonchev–Trinajstić information content (AvgIpc) is 3.07. The number of hydrogen-bond donors (Lipinski definition) is 1. The van der Waals surface area contributed by atoms with Crippen LogP contribution in [0.15, 0.2) is 18.2 Å². The molecule has 1 aromatic rings. The molecule has 2 saturated heterocycles. The van der Waals surface area contributed by atoms with Gasteiger partial charge in [0.2, 0.25) is 0 Å². The van der Waals surface area contributed by atoms with Crippen molar-refractivity contribution in [3.8, 4) is 5.75 Å². The SMILES string of the molecule is Cc1cccc(C)c1OC1CN(C(=O)NCC[C@H](C)N2CCCC2)C1. The fourth-order valence-electron chi connectivity index (χ4n) is 3.69. The van der Waals surface area contributed by atoms with Crippen molar-refractivity contribution in [1.82, 2.24) is 15.1 Å². The smallest absolute Gasteiger partial charge is 0.317 e. The number of ether oxygens (including phenoxy) is 1. The molecule has 0 radical (unpaired) electrons. The van der Waals surface area contributed by atoms with Crippen LogP contribution in [0.1, 0.15) is 37.3 Å². The molecule has 1 atom stereocenters. The molecule has 0 bridgehead atoms. The third kappa shape index (κ3) is 4.46. The summed E-state index contributed by atoms with van der Waals surface area (Å²) in [4.78, 5) is 16.6. The summed E-state index contributed by atoms with van der Waals surface area (Å²) in [6.45, 7) is 10.9. The van der Waals surface area contributed by atoms with E-state index in [-0.39, 0.29) is 12.1 Å². The lowest BCUT2D eigenvalue weighted by Crippen LogP contribution is -2.59. The highest BCUT2D eigenvalue weighted by atomic mass is 16.5. The molecule has 2 fully saturated rings. The van der Waals surface area contributed by atoms with Crippen molar-refractivity contribution in [2.75, 3.05) is 32.7 Å². The second-order valence-electron chi connectivity index (χ2n) is 7.48. The molecular weight excluding hydrogens is 314 g/mol. The van der Waals surface area contributed by atoms with Crippen LogP contribution in [-0.2, 0) is 0 Å². The highest BCUT2D eigenvalue weighted by Gasteiger charge is 2.32. The molecule has 2 amide bonds. The number of aryl methyl sites for hydroxylation is 2. The molecule has 5 nitrogen and oxygen atoms in total. The van der Waals surface area contributed by atoms with Crippen LogP contribution in [0, 0.1) is 13.8 Å². The summed E-state index contributed by atoms with van der Waals surface area (Å²) in [6.07, 6.45) is 3.74. The fourth-order valence-corrected chi connectivity index (χ4v) is 3.69. The number of urea groups is 1. The van der Waals surface area contributed by atoms with E-state index in [1.807, 2.05) is 11.0 Å². The van der Waals surface area contributed by atoms with Gasteiger partial charge in [0.05, 0.1) is 13.1 Å². The van der Waals surface area contributed by atoms with Gasteiger partial charge in [0, 0.05) is 12.6 Å². The van der Waals surface area contributed by atoms with E-state index < -0.39 is 0 Å². The van der Waals surface area contributed by atoms with Crippen LogP contribution in [0.2, 0.25) is 0 Å². The maximum atomic E-state index is 12.2. The predicted octanol–water partition coefficient (Wildman–Crippen LogP) is 2.95. The molecule has 1 aromatic carbocycles. The predicted molar refractivity (Wildman–Crippen MR) is 100 cm³/mol. The quantitative estimate of drug-likeness (QED) is 0.862. The van der Waals surface area contributed by atoms with Gasteiger partial charge in [-0.15, -0.1) is 0 Å². The van der Waals surface area contributed by atoms with Crippen molar-refractivity contribution in [3.63, 3.8) is 0 Å². The first kappa shape index (κ1) is 18.1. The minimum atomic E-state index is 0.0370. The Morgan fingerprint density at radius 2 is 1.88 bits per heavy atom. The Kier molecular flexibility index (Phi) is 5.84. The first-order valence-electron chi connectivity index (χ1n) is 9.54. The molecule has 25 heavy (non-hydrogen) atoms.